The number of anilines is 1. The molecule has 0 fully saturated rings. The molecule has 0 bridgehead atoms. The van der Waals surface area contributed by atoms with E-state index in [-0.39, 0.29) is 5.82 Å². The summed E-state index contributed by atoms with van der Waals surface area (Å²) in [5.74, 6) is 0.108. The molecule has 3 aromatic rings. The zero-order valence-corrected chi connectivity index (χ0v) is 13.8. The number of nitrogens with two attached hydrogens (primary N) is 1. The van der Waals surface area contributed by atoms with Crippen molar-refractivity contribution in [2.45, 2.75) is 0 Å². The van der Waals surface area contributed by atoms with Crippen LogP contribution < -0.4 is 5.73 Å². The third kappa shape index (κ3) is 2.49. The fraction of sp³-hybridized carbons (Fsp3) is 0. The largest absolute Gasteiger partial charge is 0.380 e. The summed E-state index contributed by atoms with van der Waals surface area (Å²) in [6, 6.07) is 12.5. The first-order valence-electron chi connectivity index (χ1n) is 6.04. The van der Waals surface area contributed by atoms with Crippen molar-refractivity contribution in [3.05, 3.63) is 57.2 Å². The minimum Gasteiger partial charge on any atom is -0.380 e. The summed E-state index contributed by atoms with van der Waals surface area (Å²) < 4.78 is 20.8. The molecule has 3 rings (SSSR count). The number of hydrogen-bond acceptors (Lipinski definition) is 3. The topological polar surface area (TPSA) is 52.0 Å². The highest BCUT2D eigenvalue weighted by molar-refractivity contribution is 9.10. The van der Waals surface area contributed by atoms with Crippen LogP contribution in [0.2, 0.25) is 0 Å². The zero-order chi connectivity index (χ0) is 15.0. The molecule has 0 radical (unpaired) electrons. The molecular weight excluding hydrogens is 403 g/mol. The lowest BCUT2D eigenvalue weighted by Crippen LogP contribution is -1.91. The van der Waals surface area contributed by atoms with E-state index in [9.17, 15) is 4.39 Å². The van der Waals surface area contributed by atoms with Crippen LogP contribution in [0.25, 0.3) is 22.5 Å². The lowest BCUT2D eigenvalue weighted by molar-refractivity contribution is 0.433. The Morgan fingerprint density at radius 1 is 0.952 bits per heavy atom. The Kier molecular flexibility index (Phi) is 3.82. The van der Waals surface area contributed by atoms with Crippen LogP contribution in [0.1, 0.15) is 0 Å². The maximum atomic E-state index is 14.3. The Balaban J connectivity index is 2.28. The van der Waals surface area contributed by atoms with Gasteiger partial charge in [0.1, 0.15) is 5.82 Å². The molecule has 1 aromatic heterocycles. The number of nitrogens with zero attached hydrogens (tertiary/aromatic N) is 1. The third-order valence-corrected chi connectivity index (χ3v) is 4.36. The summed E-state index contributed by atoms with van der Waals surface area (Å²) in [7, 11) is 0. The highest BCUT2D eigenvalue weighted by Crippen LogP contribution is 2.41. The Hall–Kier alpha value is -1.66. The average molecular weight is 412 g/mol. The molecule has 1 heterocycles. The highest BCUT2D eigenvalue weighted by atomic mass is 79.9. The minimum absolute atomic E-state index is 0.219. The van der Waals surface area contributed by atoms with Crippen LogP contribution in [0.5, 0.6) is 0 Å². The van der Waals surface area contributed by atoms with Crippen LogP contribution in [0, 0.1) is 5.82 Å². The molecule has 0 amide bonds. The summed E-state index contributed by atoms with van der Waals surface area (Å²) in [6.07, 6.45) is 0. The van der Waals surface area contributed by atoms with Gasteiger partial charge >= 0.3 is 0 Å². The van der Waals surface area contributed by atoms with Crippen molar-refractivity contribution in [1.29, 1.82) is 0 Å². The van der Waals surface area contributed by atoms with Gasteiger partial charge in [0.2, 0.25) is 0 Å². The number of halogens is 3. The van der Waals surface area contributed by atoms with Gasteiger partial charge < -0.3 is 10.3 Å². The summed E-state index contributed by atoms with van der Waals surface area (Å²) in [6.45, 7) is 0. The molecule has 0 aliphatic heterocycles. The predicted octanol–water partition coefficient (Wildman–Crippen LogP) is 5.25. The van der Waals surface area contributed by atoms with Crippen molar-refractivity contribution in [2.24, 2.45) is 0 Å². The molecule has 2 N–H and O–H groups in total. The smallest absolute Gasteiger partial charge is 0.179 e. The fourth-order valence-electron chi connectivity index (χ4n) is 2.09. The molecule has 0 spiro atoms. The van der Waals surface area contributed by atoms with Crippen LogP contribution in [0.3, 0.4) is 0 Å². The number of hydrogen-bond donors (Lipinski definition) is 1. The number of benzene rings is 2. The molecule has 6 heteroatoms. The summed E-state index contributed by atoms with van der Waals surface area (Å²) >= 11 is 6.63. The van der Waals surface area contributed by atoms with Crippen molar-refractivity contribution < 1.29 is 8.91 Å². The van der Waals surface area contributed by atoms with Gasteiger partial charge in [-0.1, -0.05) is 45.4 Å². The van der Waals surface area contributed by atoms with E-state index >= 15 is 0 Å². The summed E-state index contributed by atoms with van der Waals surface area (Å²) in [5.41, 5.74) is 7.58. The molecule has 0 unspecified atom stereocenters. The third-order valence-electron chi connectivity index (χ3n) is 3.06. The second-order valence-electron chi connectivity index (χ2n) is 4.35. The monoisotopic (exact) mass is 410 g/mol. The lowest BCUT2D eigenvalue weighted by atomic mass is 10.0. The molecule has 21 heavy (non-hydrogen) atoms. The van der Waals surface area contributed by atoms with Gasteiger partial charge in [-0.15, -0.1) is 0 Å². The van der Waals surface area contributed by atoms with Crippen molar-refractivity contribution in [3.8, 4) is 22.5 Å². The van der Waals surface area contributed by atoms with E-state index in [0.717, 1.165) is 10.0 Å². The standard InChI is InChI=1S/C15H9Br2FN2O/c16-10-6-2-1-4-8(10)12-14(21-20-15(12)19)9-5-3-7-11(17)13(9)18/h1-7H,(H2,19,20). The molecule has 0 saturated heterocycles. The van der Waals surface area contributed by atoms with E-state index in [1.807, 2.05) is 24.3 Å². The highest BCUT2D eigenvalue weighted by Gasteiger charge is 2.22. The Morgan fingerprint density at radius 2 is 1.62 bits per heavy atom. The van der Waals surface area contributed by atoms with Gasteiger partial charge in [-0.2, -0.15) is 0 Å². The fourth-order valence-corrected chi connectivity index (χ4v) is 2.94. The quantitative estimate of drug-likeness (QED) is 0.626. The first-order valence-corrected chi connectivity index (χ1v) is 7.62. The molecule has 2 aromatic carbocycles. The Morgan fingerprint density at radius 3 is 2.38 bits per heavy atom. The zero-order valence-electron chi connectivity index (χ0n) is 10.6. The number of aromatic nitrogens is 1. The van der Waals surface area contributed by atoms with Gasteiger partial charge in [0.05, 0.1) is 15.6 Å². The Labute approximate surface area is 137 Å². The molecule has 0 aliphatic carbocycles. The van der Waals surface area contributed by atoms with E-state index in [1.165, 1.54) is 0 Å². The van der Waals surface area contributed by atoms with Gasteiger partial charge in [0, 0.05) is 10.0 Å². The summed E-state index contributed by atoms with van der Waals surface area (Å²) in [4.78, 5) is 0. The lowest BCUT2D eigenvalue weighted by Gasteiger charge is -2.06. The molecule has 0 saturated carbocycles. The van der Waals surface area contributed by atoms with Gasteiger partial charge in [0.25, 0.3) is 0 Å². The first-order chi connectivity index (χ1) is 10.1. The van der Waals surface area contributed by atoms with Crippen molar-refractivity contribution in [3.63, 3.8) is 0 Å². The van der Waals surface area contributed by atoms with Crippen LogP contribution >= 0.6 is 31.9 Å². The molecule has 106 valence electrons. The van der Waals surface area contributed by atoms with Gasteiger partial charge in [-0.25, -0.2) is 4.39 Å². The van der Waals surface area contributed by atoms with E-state index in [1.54, 1.807) is 18.2 Å². The van der Waals surface area contributed by atoms with Crippen LogP contribution in [0.15, 0.2) is 55.9 Å². The van der Waals surface area contributed by atoms with Crippen LogP contribution in [-0.2, 0) is 0 Å². The second-order valence-corrected chi connectivity index (χ2v) is 6.06. The van der Waals surface area contributed by atoms with Gasteiger partial charge in [0.15, 0.2) is 11.6 Å². The van der Waals surface area contributed by atoms with E-state index in [4.69, 9.17) is 10.3 Å². The molecule has 3 nitrogen and oxygen atoms in total. The summed E-state index contributed by atoms with van der Waals surface area (Å²) in [5, 5.41) is 3.78. The minimum atomic E-state index is -0.415. The first kappa shape index (κ1) is 14.3. The molecule has 0 atom stereocenters. The predicted molar refractivity (Wildman–Crippen MR) is 87.1 cm³/mol. The normalized spacial score (nSPS) is 10.8. The average Bonchev–Trinajstić information content (AvgIpc) is 2.84. The number of rotatable bonds is 2. The van der Waals surface area contributed by atoms with Crippen molar-refractivity contribution >= 4 is 37.7 Å². The number of nitrogen functional groups attached to an aromatic ring is 1. The molecule has 0 aliphatic rings. The van der Waals surface area contributed by atoms with E-state index in [2.05, 4.69) is 37.0 Å². The van der Waals surface area contributed by atoms with Crippen molar-refractivity contribution in [2.75, 3.05) is 5.73 Å². The van der Waals surface area contributed by atoms with Crippen molar-refractivity contribution in [1.82, 2.24) is 5.16 Å². The van der Waals surface area contributed by atoms with Gasteiger partial charge in [-0.3, -0.25) is 0 Å². The maximum Gasteiger partial charge on any atom is 0.179 e. The second kappa shape index (κ2) is 5.61. The van der Waals surface area contributed by atoms with Crippen LogP contribution in [-0.4, -0.2) is 5.16 Å². The Bertz CT molecular complexity index is 817. The van der Waals surface area contributed by atoms with Crippen LogP contribution in [0.4, 0.5) is 10.2 Å². The maximum absolute atomic E-state index is 14.3. The SMILES string of the molecule is Nc1noc(-c2cccc(Br)c2F)c1-c1ccccc1Br. The molecular formula is C15H9Br2FN2O. The van der Waals surface area contributed by atoms with Gasteiger partial charge in [-0.05, 0) is 34.1 Å². The van der Waals surface area contributed by atoms with E-state index < -0.39 is 5.82 Å². The van der Waals surface area contributed by atoms with E-state index in [0.29, 0.717) is 21.4 Å².